The number of halogens is 1. The lowest BCUT2D eigenvalue weighted by Gasteiger charge is -2.34. The van der Waals surface area contributed by atoms with E-state index in [1.54, 1.807) is 12.1 Å². The highest BCUT2D eigenvalue weighted by Crippen LogP contribution is 2.27. The number of benzene rings is 1. The van der Waals surface area contributed by atoms with Gasteiger partial charge in [-0.2, -0.15) is 0 Å². The molecule has 21 heavy (non-hydrogen) atoms. The Balaban J connectivity index is 1.37. The van der Waals surface area contributed by atoms with Crippen LogP contribution in [0.1, 0.15) is 18.4 Å². The smallest absolute Gasteiger partial charge is 0.317 e. The third-order valence-electron chi connectivity index (χ3n) is 4.27. The predicted octanol–water partition coefficient (Wildman–Crippen LogP) is 1.86. The van der Waals surface area contributed by atoms with Gasteiger partial charge in [0, 0.05) is 38.8 Å². The van der Waals surface area contributed by atoms with E-state index in [4.69, 9.17) is 0 Å². The van der Waals surface area contributed by atoms with E-state index >= 15 is 0 Å². The summed E-state index contributed by atoms with van der Waals surface area (Å²) < 4.78 is 12.8. The number of hydrogen-bond donors (Lipinski definition) is 1. The number of nitrogens with one attached hydrogen (secondary N) is 1. The maximum absolute atomic E-state index is 12.8. The Hall–Kier alpha value is -1.62. The molecule has 2 amide bonds. The van der Waals surface area contributed by atoms with Gasteiger partial charge >= 0.3 is 6.03 Å². The van der Waals surface area contributed by atoms with Gasteiger partial charge in [0.2, 0.25) is 0 Å². The van der Waals surface area contributed by atoms with Crippen LogP contribution in [-0.2, 0) is 6.42 Å². The van der Waals surface area contributed by atoms with Crippen molar-refractivity contribution in [3.05, 3.63) is 35.6 Å². The summed E-state index contributed by atoms with van der Waals surface area (Å²) in [6, 6.07) is 7.23. The molecule has 1 saturated heterocycles. The van der Waals surface area contributed by atoms with Gasteiger partial charge in [0.1, 0.15) is 5.82 Å². The van der Waals surface area contributed by atoms with Gasteiger partial charge in [0.05, 0.1) is 0 Å². The van der Waals surface area contributed by atoms with Gasteiger partial charge in [-0.1, -0.05) is 12.1 Å². The number of carbonyl (C=O) groups is 1. The Morgan fingerprint density at radius 1 is 1.14 bits per heavy atom. The van der Waals surface area contributed by atoms with Gasteiger partial charge in [-0.15, -0.1) is 0 Å². The number of nitrogens with zero attached hydrogens (tertiary/aromatic N) is 2. The third kappa shape index (κ3) is 3.94. The molecule has 4 nitrogen and oxygen atoms in total. The summed E-state index contributed by atoms with van der Waals surface area (Å²) >= 11 is 0. The lowest BCUT2D eigenvalue weighted by Crippen LogP contribution is -2.52. The quantitative estimate of drug-likeness (QED) is 0.919. The van der Waals surface area contributed by atoms with Crippen molar-refractivity contribution in [1.82, 2.24) is 15.1 Å². The Morgan fingerprint density at radius 3 is 2.43 bits per heavy atom. The van der Waals surface area contributed by atoms with Crippen molar-refractivity contribution in [3.63, 3.8) is 0 Å². The average molecular weight is 291 g/mol. The van der Waals surface area contributed by atoms with Crippen molar-refractivity contribution >= 4 is 6.03 Å². The number of rotatable bonds is 4. The second-order valence-electron chi connectivity index (χ2n) is 5.86. The number of hydrogen-bond acceptors (Lipinski definition) is 2. The second-order valence-corrected chi connectivity index (χ2v) is 5.86. The molecule has 0 bridgehead atoms. The number of amides is 2. The van der Waals surface area contributed by atoms with E-state index in [2.05, 4.69) is 10.2 Å². The first-order valence-corrected chi connectivity index (χ1v) is 7.73. The van der Waals surface area contributed by atoms with Crippen molar-refractivity contribution in [1.29, 1.82) is 0 Å². The highest BCUT2D eigenvalue weighted by molar-refractivity contribution is 5.74. The van der Waals surface area contributed by atoms with Crippen molar-refractivity contribution in [3.8, 4) is 0 Å². The summed E-state index contributed by atoms with van der Waals surface area (Å²) in [7, 11) is 0. The standard InChI is InChI=1S/C16H22FN3O/c17-14-3-1-13(2-4-14)7-8-18-16(21)20-11-9-19(10-12-20)15-5-6-15/h1-4,15H,5-12H2,(H,18,21). The zero-order chi connectivity index (χ0) is 14.7. The zero-order valence-electron chi connectivity index (χ0n) is 12.2. The van der Waals surface area contributed by atoms with E-state index in [1.165, 1.54) is 25.0 Å². The molecule has 0 spiro atoms. The SMILES string of the molecule is O=C(NCCc1ccc(F)cc1)N1CCN(C2CC2)CC1. The molecule has 0 radical (unpaired) electrons. The summed E-state index contributed by atoms with van der Waals surface area (Å²) in [6.45, 7) is 4.22. The van der Waals surface area contributed by atoms with Gasteiger partial charge in [0.15, 0.2) is 0 Å². The monoisotopic (exact) mass is 291 g/mol. The molecule has 2 aliphatic rings. The van der Waals surface area contributed by atoms with Gasteiger partial charge in [-0.05, 0) is 37.0 Å². The van der Waals surface area contributed by atoms with E-state index in [1.807, 2.05) is 4.90 Å². The first kappa shape index (κ1) is 14.3. The van der Waals surface area contributed by atoms with E-state index in [0.717, 1.165) is 44.2 Å². The summed E-state index contributed by atoms with van der Waals surface area (Å²) in [5.41, 5.74) is 1.04. The fourth-order valence-corrected chi connectivity index (χ4v) is 2.81. The molecular formula is C16H22FN3O. The van der Waals surface area contributed by atoms with Gasteiger partial charge in [0.25, 0.3) is 0 Å². The fraction of sp³-hybridized carbons (Fsp3) is 0.562. The maximum Gasteiger partial charge on any atom is 0.317 e. The second kappa shape index (κ2) is 6.43. The van der Waals surface area contributed by atoms with Crippen LogP contribution in [0.4, 0.5) is 9.18 Å². The number of piperazine rings is 1. The zero-order valence-corrected chi connectivity index (χ0v) is 12.2. The maximum atomic E-state index is 12.8. The van der Waals surface area contributed by atoms with Crippen molar-refractivity contribution in [2.45, 2.75) is 25.3 Å². The third-order valence-corrected chi connectivity index (χ3v) is 4.27. The van der Waals surface area contributed by atoms with Crippen LogP contribution in [0.5, 0.6) is 0 Å². The van der Waals surface area contributed by atoms with E-state index in [0.29, 0.717) is 6.54 Å². The summed E-state index contributed by atoms with van der Waals surface area (Å²) in [6.07, 6.45) is 3.38. The predicted molar refractivity (Wildman–Crippen MR) is 79.7 cm³/mol. The summed E-state index contributed by atoms with van der Waals surface area (Å²) in [5.74, 6) is -0.226. The molecule has 1 aromatic rings. The lowest BCUT2D eigenvalue weighted by molar-refractivity contribution is 0.135. The first-order valence-electron chi connectivity index (χ1n) is 7.73. The highest BCUT2D eigenvalue weighted by atomic mass is 19.1. The van der Waals surface area contributed by atoms with Crippen molar-refractivity contribution in [2.75, 3.05) is 32.7 Å². The molecule has 0 aromatic heterocycles. The normalized spacial score (nSPS) is 19.6. The van der Waals surface area contributed by atoms with Crippen LogP contribution < -0.4 is 5.32 Å². The lowest BCUT2D eigenvalue weighted by atomic mass is 10.1. The Morgan fingerprint density at radius 2 is 1.81 bits per heavy atom. The summed E-state index contributed by atoms with van der Waals surface area (Å²) in [4.78, 5) is 16.5. The minimum absolute atomic E-state index is 0.0209. The molecular weight excluding hydrogens is 269 g/mol. The van der Waals surface area contributed by atoms with Crippen LogP contribution in [0.3, 0.4) is 0 Å². The first-order chi connectivity index (χ1) is 10.2. The Labute approximate surface area is 124 Å². The summed E-state index contributed by atoms with van der Waals surface area (Å²) in [5, 5.41) is 2.95. The van der Waals surface area contributed by atoms with Gasteiger partial charge in [-0.3, -0.25) is 4.90 Å². The van der Waals surface area contributed by atoms with Crippen LogP contribution in [0, 0.1) is 5.82 Å². The molecule has 1 aromatic carbocycles. The minimum atomic E-state index is -0.226. The molecule has 0 atom stereocenters. The molecule has 5 heteroatoms. The van der Waals surface area contributed by atoms with Crippen molar-refractivity contribution in [2.24, 2.45) is 0 Å². The molecule has 1 saturated carbocycles. The largest absolute Gasteiger partial charge is 0.338 e. The molecule has 2 fully saturated rings. The average Bonchev–Trinajstić information content (AvgIpc) is 3.34. The van der Waals surface area contributed by atoms with E-state index in [-0.39, 0.29) is 11.8 Å². The molecule has 114 valence electrons. The Kier molecular flexibility index (Phi) is 4.39. The van der Waals surface area contributed by atoms with Crippen LogP contribution in [-0.4, -0.2) is 54.6 Å². The van der Waals surface area contributed by atoms with Crippen LogP contribution in [0.25, 0.3) is 0 Å². The van der Waals surface area contributed by atoms with Crippen molar-refractivity contribution < 1.29 is 9.18 Å². The van der Waals surface area contributed by atoms with Crippen LogP contribution in [0.15, 0.2) is 24.3 Å². The fourth-order valence-electron chi connectivity index (χ4n) is 2.81. The van der Waals surface area contributed by atoms with Gasteiger partial charge in [-0.25, -0.2) is 9.18 Å². The van der Waals surface area contributed by atoms with Gasteiger partial charge < -0.3 is 10.2 Å². The van der Waals surface area contributed by atoms with Crippen LogP contribution in [0.2, 0.25) is 0 Å². The minimum Gasteiger partial charge on any atom is -0.338 e. The molecule has 3 rings (SSSR count). The molecule has 0 unspecified atom stereocenters. The Bertz CT molecular complexity index is 479. The molecule has 1 aliphatic carbocycles. The van der Waals surface area contributed by atoms with E-state index in [9.17, 15) is 9.18 Å². The van der Waals surface area contributed by atoms with E-state index < -0.39 is 0 Å². The number of carbonyl (C=O) groups excluding carboxylic acids is 1. The highest BCUT2D eigenvalue weighted by Gasteiger charge is 2.32. The molecule has 1 aliphatic heterocycles. The molecule has 1 heterocycles. The van der Waals surface area contributed by atoms with Crippen LogP contribution >= 0.6 is 0 Å². The molecule has 1 N–H and O–H groups in total. The topological polar surface area (TPSA) is 35.6 Å². The number of urea groups is 1.